The van der Waals surface area contributed by atoms with Gasteiger partial charge in [0.15, 0.2) is 0 Å². The Labute approximate surface area is 117 Å². The summed E-state index contributed by atoms with van der Waals surface area (Å²) in [4.78, 5) is 20.1. The Morgan fingerprint density at radius 1 is 1.30 bits per heavy atom. The van der Waals surface area contributed by atoms with E-state index in [0.29, 0.717) is 0 Å². The van der Waals surface area contributed by atoms with Crippen LogP contribution in [0.5, 0.6) is 0 Å². The lowest BCUT2D eigenvalue weighted by Gasteiger charge is -2.14. The number of anilines is 1. The molecule has 1 aliphatic carbocycles. The van der Waals surface area contributed by atoms with Gasteiger partial charge >= 0.3 is 5.97 Å². The minimum absolute atomic E-state index is 0.00519. The highest BCUT2D eigenvalue weighted by Crippen LogP contribution is 2.30. The van der Waals surface area contributed by atoms with Crippen molar-refractivity contribution >= 4 is 22.7 Å². The average molecular weight is 271 g/mol. The number of nitrogens with zero attached hydrogens (tertiary/aromatic N) is 2. The number of hydrogen-bond donors (Lipinski definition) is 1. The van der Waals surface area contributed by atoms with E-state index in [1.807, 2.05) is 24.3 Å². The van der Waals surface area contributed by atoms with E-state index in [-0.39, 0.29) is 17.9 Å². The van der Waals surface area contributed by atoms with Crippen LogP contribution in [0.25, 0.3) is 10.9 Å². The summed E-state index contributed by atoms with van der Waals surface area (Å²) in [5.74, 6) is 0.735. The van der Waals surface area contributed by atoms with Crippen LogP contribution in [0, 0.1) is 5.92 Å². The van der Waals surface area contributed by atoms with E-state index >= 15 is 0 Å². The predicted octanol–water partition coefficient (Wildman–Crippen LogP) is 2.38. The fraction of sp³-hybridized carbons (Fsp3) is 0.400. The highest BCUT2D eigenvalue weighted by Gasteiger charge is 2.30. The van der Waals surface area contributed by atoms with Gasteiger partial charge < -0.3 is 10.1 Å². The number of fused-ring (bicyclic) bond motifs is 1. The zero-order valence-electron chi connectivity index (χ0n) is 11.4. The van der Waals surface area contributed by atoms with Crippen molar-refractivity contribution in [3.05, 3.63) is 30.6 Å². The zero-order chi connectivity index (χ0) is 13.9. The molecule has 0 aliphatic heterocycles. The zero-order valence-corrected chi connectivity index (χ0v) is 11.4. The van der Waals surface area contributed by atoms with Crippen LogP contribution in [-0.2, 0) is 9.53 Å². The summed E-state index contributed by atoms with van der Waals surface area (Å²) in [6, 6.07) is 8.17. The monoisotopic (exact) mass is 271 g/mol. The molecule has 104 valence electrons. The van der Waals surface area contributed by atoms with Crippen LogP contribution in [0.3, 0.4) is 0 Å². The van der Waals surface area contributed by atoms with Gasteiger partial charge in [0.2, 0.25) is 0 Å². The van der Waals surface area contributed by atoms with Crippen LogP contribution in [0.2, 0.25) is 0 Å². The Hall–Kier alpha value is -2.17. The first kappa shape index (κ1) is 12.8. The maximum Gasteiger partial charge on any atom is 0.308 e. The molecule has 1 aromatic carbocycles. The number of benzene rings is 1. The molecule has 0 saturated heterocycles. The molecule has 0 spiro atoms. The first-order valence-electron chi connectivity index (χ1n) is 6.82. The van der Waals surface area contributed by atoms with Crippen molar-refractivity contribution in [1.82, 2.24) is 9.97 Å². The average Bonchev–Trinajstić information content (AvgIpc) is 2.95. The second-order valence-electron chi connectivity index (χ2n) is 5.11. The summed E-state index contributed by atoms with van der Waals surface area (Å²) in [5.41, 5.74) is 0.924. The minimum Gasteiger partial charge on any atom is -0.469 e. The molecule has 5 heteroatoms. The van der Waals surface area contributed by atoms with Gasteiger partial charge in [0.25, 0.3) is 0 Å². The molecule has 1 heterocycles. The molecule has 20 heavy (non-hydrogen) atoms. The van der Waals surface area contributed by atoms with E-state index in [0.717, 1.165) is 36.0 Å². The SMILES string of the molecule is COC(=O)[C@H]1CC[C@@H](Nc2ncnc3ccccc23)C1. The third-order valence-electron chi connectivity index (χ3n) is 3.85. The number of para-hydroxylation sites is 1. The van der Waals surface area contributed by atoms with Crippen molar-refractivity contribution in [2.75, 3.05) is 12.4 Å². The van der Waals surface area contributed by atoms with E-state index in [2.05, 4.69) is 15.3 Å². The number of carbonyl (C=O) groups is 1. The fourth-order valence-corrected chi connectivity index (χ4v) is 2.81. The third kappa shape index (κ3) is 2.43. The van der Waals surface area contributed by atoms with Gasteiger partial charge in [-0.25, -0.2) is 9.97 Å². The molecular weight excluding hydrogens is 254 g/mol. The maximum absolute atomic E-state index is 11.5. The Morgan fingerprint density at radius 3 is 3.00 bits per heavy atom. The molecule has 0 unspecified atom stereocenters. The van der Waals surface area contributed by atoms with Crippen LogP contribution in [0.1, 0.15) is 19.3 Å². The molecule has 0 amide bonds. The van der Waals surface area contributed by atoms with E-state index in [1.165, 1.54) is 7.11 Å². The largest absolute Gasteiger partial charge is 0.469 e. The molecule has 0 radical (unpaired) electrons. The Kier molecular flexibility index (Phi) is 3.50. The quantitative estimate of drug-likeness (QED) is 0.868. The standard InChI is InChI=1S/C15H17N3O2/c1-20-15(19)10-6-7-11(8-10)18-14-12-4-2-3-5-13(12)16-9-17-14/h2-5,9-11H,6-8H2,1H3,(H,16,17,18)/t10-,11+/m0/s1. The van der Waals surface area contributed by atoms with E-state index < -0.39 is 0 Å². The number of methoxy groups -OCH3 is 1. The Balaban J connectivity index is 1.76. The van der Waals surface area contributed by atoms with Crippen LogP contribution >= 0.6 is 0 Å². The summed E-state index contributed by atoms with van der Waals surface area (Å²) in [5, 5.41) is 4.44. The van der Waals surface area contributed by atoms with E-state index in [4.69, 9.17) is 4.74 Å². The number of nitrogens with one attached hydrogen (secondary N) is 1. The van der Waals surface area contributed by atoms with Gasteiger partial charge in [0.05, 0.1) is 18.5 Å². The molecule has 3 rings (SSSR count). The van der Waals surface area contributed by atoms with Crippen molar-refractivity contribution in [2.45, 2.75) is 25.3 Å². The van der Waals surface area contributed by atoms with Gasteiger partial charge in [-0.1, -0.05) is 12.1 Å². The summed E-state index contributed by atoms with van der Waals surface area (Å²) in [6.07, 6.45) is 4.19. The van der Waals surface area contributed by atoms with Crippen molar-refractivity contribution in [2.24, 2.45) is 5.92 Å². The maximum atomic E-state index is 11.5. The molecule has 1 saturated carbocycles. The third-order valence-corrected chi connectivity index (χ3v) is 3.85. The topological polar surface area (TPSA) is 64.1 Å². The van der Waals surface area contributed by atoms with Crippen LogP contribution in [-0.4, -0.2) is 29.1 Å². The number of carbonyl (C=O) groups excluding carboxylic acids is 1. The van der Waals surface area contributed by atoms with Gasteiger partial charge in [-0.05, 0) is 31.4 Å². The lowest BCUT2D eigenvalue weighted by atomic mass is 10.1. The molecule has 1 fully saturated rings. The predicted molar refractivity (Wildman–Crippen MR) is 76.3 cm³/mol. The van der Waals surface area contributed by atoms with Gasteiger partial charge in [-0.15, -0.1) is 0 Å². The normalized spacial score (nSPS) is 21.9. The van der Waals surface area contributed by atoms with Crippen LogP contribution in [0.15, 0.2) is 30.6 Å². The smallest absolute Gasteiger partial charge is 0.308 e. The Bertz CT molecular complexity index is 624. The minimum atomic E-state index is -0.109. The lowest BCUT2D eigenvalue weighted by molar-refractivity contribution is -0.145. The number of ether oxygens (including phenoxy) is 1. The van der Waals surface area contributed by atoms with Gasteiger partial charge in [0.1, 0.15) is 12.1 Å². The van der Waals surface area contributed by atoms with Gasteiger partial charge in [0, 0.05) is 11.4 Å². The first-order valence-corrected chi connectivity index (χ1v) is 6.82. The molecule has 1 N–H and O–H groups in total. The molecule has 2 atom stereocenters. The molecule has 1 aromatic heterocycles. The van der Waals surface area contributed by atoms with E-state index in [1.54, 1.807) is 6.33 Å². The lowest BCUT2D eigenvalue weighted by Crippen LogP contribution is -2.19. The molecule has 0 bridgehead atoms. The van der Waals surface area contributed by atoms with Gasteiger partial charge in [-0.3, -0.25) is 4.79 Å². The Morgan fingerprint density at radius 2 is 2.15 bits per heavy atom. The summed E-state index contributed by atoms with van der Waals surface area (Å²) >= 11 is 0. The van der Waals surface area contributed by atoms with Crippen LogP contribution < -0.4 is 5.32 Å². The molecule has 2 aromatic rings. The molecule has 5 nitrogen and oxygen atoms in total. The number of aromatic nitrogens is 2. The molecular formula is C15H17N3O2. The second kappa shape index (κ2) is 5.45. The number of esters is 1. The fourth-order valence-electron chi connectivity index (χ4n) is 2.81. The van der Waals surface area contributed by atoms with Crippen molar-refractivity contribution in [3.63, 3.8) is 0 Å². The van der Waals surface area contributed by atoms with Gasteiger partial charge in [-0.2, -0.15) is 0 Å². The van der Waals surface area contributed by atoms with Crippen molar-refractivity contribution < 1.29 is 9.53 Å². The summed E-state index contributed by atoms with van der Waals surface area (Å²) < 4.78 is 4.81. The van der Waals surface area contributed by atoms with E-state index in [9.17, 15) is 4.79 Å². The summed E-state index contributed by atoms with van der Waals surface area (Å²) in [6.45, 7) is 0. The van der Waals surface area contributed by atoms with Crippen LogP contribution in [0.4, 0.5) is 5.82 Å². The van der Waals surface area contributed by atoms with Crippen molar-refractivity contribution in [3.8, 4) is 0 Å². The highest BCUT2D eigenvalue weighted by atomic mass is 16.5. The molecule has 1 aliphatic rings. The van der Waals surface area contributed by atoms with Crippen molar-refractivity contribution in [1.29, 1.82) is 0 Å². The second-order valence-corrected chi connectivity index (χ2v) is 5.11. The highest BCUT2D eigenvalue weighted by molar-refractivity contribution is 5.88. The number of hydrogen-bond acceptors (Lipinski definition) is 5. The first-order chi connectivity index (χ1) is 9.78. The number of rotatable bonds is 3. The summed E-state index contributed by atoms with van der Waals surface area (Å²) in [7, 11) is 1.45.